The van der Waals surface area contributed by atoms with Gasteiger partial charge in [0, 0.05) is 12.1 Å². The number of hydrogen-bond donors (Lipinski definition) is 1. The van der Waals surface area contributed by atoms with Crippen molar-refractivity contribution < 1.29 is 8.42 Å². The molecule has 0 aromatic heterocycles. The van der Waals surface area contributed by atoms with Gasteiger partial charge in [-0.25, -0.2) is 13.4 Å². The Morgan fingerprint density at radius 3 is 2.93 bits per heavy atom. The van der Waals surface area contributed by atoms with E-state index in [0.29, 0.717) is 10.7 Å². The number of guanidine groups is 1. The lowest BCUT2D eigenvalue weighted by Crippen LogP contribution is -2.46. The van der Waals surface area contributed by atoms with Crippen molar-refractivity contribution in [2.75, 3.05) is 7.05 Å². The summed E-state index contributed by atoms with van der Waals surface area (Å²) >= 11 is 5.73. The molecule has 0 fully saturated rings. The predicted octanol–water partition coefficient (Wildman–Crippen LogP) is 0.407. The van der Waals surface area contributed by atoms with Gasteiger partial charge in [0.1, 0.15) is 5.25 Å². The van der Waals surface area contributed by atoms with Gasteiger partial charge in [0.15, 0.2) is 0 Å². The van der Waals surface area contributed by atoms with E-state index in [2.05, 4.69) is 14.7 Å². The Kier molecular flexibility index (Phi) is 2.40. The zero-order valence-electron chi connectivity index (χ0n) is 7.81. The quantitative estimate of drug-likeness (QED) is 0.671. The average Bonchev–Trinajstić information content (AvgIpc) is 2.18. The molecule has 1 aliphatic heterocycles. The van der Waals surface area contributed by atoms with Gasteiger partial charge in [-0.1, -0.05) is 11.6 Å². The van der Waals surface area contributed by atoms with E-state index >= 15 is 0 Å². The number of nitrogens with one attached hydrogen (secondary N) is 1. The predicted molar refractivity (Wildman–Crippen MR) is 59.7 cm³/mol. The first-order valence-electron chi connectivity index (χ1n) is 4.15. The molecule has 0 aromatic rings. The Bertz CT molecular complexity index is 516. The van der Waals surface area contributed by atoms with Crippen LogP contribution >= 0.6 is 11.6 Å². The first kappa shape index (κ1) is 10.4. The van der Waals surface area contributed by atoms with E-state index in [0.717, 1.165) is 0 Å². The highest BCUT2D eigenvalue weighted by Gasteiger charge is 2.34. The summed E-state index contributed by atoms with van der Waals surface area (Å²) in [5, 5.41) is -0.429. The summed E-state index contributed by atoms with van der Waals surface area (Å²) in [6.07, 6.45) is 4.62. The van der Waals surface area contributed by atoms with Crippen LogP contribution in [0.15, 0.2) is 33.2 Å². The number of allylic oxidation sites excluding steroid dienone is 3. The summed E-state index contributed by atoms with van der Waals surface area (Å²) in [5.74, 6) is 0.0947. The zero-order chi connectivity index (χ0) is 11.1. The summed E-state index contributed by atoms with van der Waals surface area (Å²) in [5.41, 5.74) is 0.429. The molecule has 0 radical (unpaired) electrons. The third kappa shape index (κ3) is 1.82. The Labute approximate surface area is 92.3 Å². The van der Waals surface area contributed by atoms with Gasteiger partial charge in [-0.15, -0.1) is 0 Å². The van der Waals surface area contributed by atoms with Crippen LogP contribution in [0.5, 0.6) is 0 Å². The number of sulfonamides is 1. The zero-order valence-corrected chi connectivity index (χ0v) is 9.38. The molecule has 2 aliphatic rings. The van der Waals surface area contributed by atoms with E-state index in [1.807, 2.05) is 0 Å². The van der Waals surface area contributed by atoms with Gasteiger partial charge in [-0.2, -0.15) is 0 Å². The first-order chi connectivity index (χ1) is 7.03. The van der Waals surface area contributed by atoms with E-state index in [1.54, 1.807) is 12.2 Å². The third-order valence-corrected chi connectivity index (χ3v) is 3.80. The fraction of sp³-hybridized carbons (Fsp3) is 0.250. The van der Waals surface area contributed by atoms with Crippen molar-refractivity contribution in [3.63, 3.8) is 0 Å². The Hall–Kier alpha value is -1.14. The van der Waals surface area contributed by atoms with Gasteiger partial charge in [-0.3, -0.25) is 9.71 Å². The van der Waals surface area contributed by atoms with Crippen LogP contribution < -0.4 is 4.72 Å². The van der Waals surface area contributed by atoms with E-state index in [-0.39, 0.29) is 5.96 Å². The molecule has 0 bridgehead atoms. The van der Waals surface area contributed by atoms with Crippen molar-refractivity contribution in [3.05, 3.63) is 23.3 Å². The molecule has 0 saturated heterocycles. The monoisotopic (exact) mass is 245 g/mol. The second-order valence-corrected chi connectivity index (χ2v) is 5.27. The molecule has 0 saturated carbocycles. The second kappa shape index (κ2) is 3.46. The van der Waals surface area contributed by atoms with Gasteiger partial charge in [-0.05, 0) is 18.2 Å². The summed E-state index contributed by atoms with van der Waals surface area (Å²) < 4.78 is 25.7. The molecule has 80 valence electrons. The smallest absolute Gasteiger partial charge is 0.247 e. The second-order valence-electron chi connectivity index (χ2n) is 3.04. The van der Waals surface area contributed by atoms with Crippen LogP contribution in [0, 0.1) is 0 Å². The van der Waals surface area contributed by atoms with Crippen molar-refractivity contribution in [3.8, 4) is 0 Å². The lowest BCUT2D eigenvalue weighted by Gasteiger charge is -2.22. The minimum absolute atomic E-state index is 0.0947. The lowest BCUT2D eigenvalue weighted by atomic mass is 10.1. The average molecular weight is 246 g/mol. The van der Waals surface area contributed by atoms with Crippen LogP contribution in [0.3, 0.4) is 0 Å². The van der Waals surface area contributed by atoms with Crippen molar-refractivity contribution in [1.29, 1.82) is 0 Å². The minimum atomic E-state index is -3.50. The molecular weight excluding hydrogens is 238 g/mol. The van der Waals surface area contributed by atoms with Crippen LogP contribution in [0.2, 0.25) is 0 Å². The number of aliphatic imine (C=N–C) groups is 2. The first-order valence-corrected chi connectivity index (χ1v) is 6.08. The van der Waals surface area contributed by atoms with Crippen LogP contribution in [-0.4, -0.2) is 32.4 Å². The third-order valence-electron chi connectivity index (χ3n) is 2.03. The number of fused-ring (bicyclic) bond motifs is 1. The maximum atomic E-state index is 11.7. The van der Waals surface area contributed by atoms with E-state index < -0.39 is 15.3 Å². The standard InChI is InChI=1S/C8H8ClN3O2S/c1-10-8-11-6-3-2-5(9)4-7(6)15(13,14)12-8/h2-4,7H,1H3,(H,10,12). The molecule has 1 heterocycles. The molecule has 1 unspecified atom stereocenters. The van der Waals surface area contributed by atoms with Crippen LogP contribution in [-0.2, 0) is 10.0 Å². The molecule has 5 nitrogen and oxygen atoms in total. The van der Waals surface area contributed by atoms with Crippen molar-refractivity contribution in [2.45, 2.75) is 5.25 Å². The van der Waals surface area contributed by atoms with Gasteiger partial charge >= 0.3 is 0 Å². The molecule has 1 N–H and O–H groups in total. The molecule has 2 rings (SSSR count). The van der Waals surface area contributed by atoms with Gasteiger partial charge < -0.3 is 0 Å². The van der Waals surface area contributed by atoms with Crippen molar-refractivity contribution in [2.24, 2.45) is 9.98 Å². The molecule has 7 heteroatoms. The summed E-state index contributed by atoms with van der Waals surface area (Å²) in [6.45, 7) is 0. The van der Waals surface area contributed by atoms with Crippen molar-refractivity contribution >= 4 is 33.3 Å². The number of rotatable bonds is 0. The van der Waals surface area contributed by atoms with E-state index in [1.165, 1.54) is 13.1 Å². The lowest BCUT2D eigenvalue weighted by molar-refractivity contribution is 0.591. The number of halogens is 1. The largest absolute Gasteiger partial charge is 0.254 e. The maximum absolute atomic E-state index is 11.7. The molecule has 15 heavy (non-hydrogen) atoms. The van der Waals surface area contributed by atoms with Crippen LogP contribution in [0.1, 0.15) is 0 Å². The normalized spacial score (nSPS) is 30.3. The van der Waals surface area contributed by atoms with Gasteiger partial charge in [0.25, 0.3) is 0 Å². The fourth-order valence-electron chi connectivity index (χ4n) is 1.33. The molecule has 1 atom stereocenters. The Balaban J connectivity index is 2.56. The van der Waals surface area contributed by atoms with E-state index in [9.17, 15) is 8.42 Å². The minimum Gasteiger partial charge on any atom is -0.254 e. The van der Waals surface area contributed by atoms with Gasteiger partial charge in [0.2, 0.25) is 16.0 Å². The summed E-state index contributed by atoms with van der Waals surface area (Å²) in [4.78, 5) is 7.74. The summed E-state index contributed by atoms with van der Waals surface area (Å²) in [6, 6.07) is 0. The highest BCUT2D eigenvalue weighted by atomic mass is 35.5. The highest BCUT2D eigenvalue weighted by Crippen LogP contribution is 2.20. The molecule has 0 aromatic carbocycles. The molecule has 0 amide bonds. The summed E-state index contributed by atoms with van der Waals surface area (Å²) in [7, 11) is -2.03. The maximum Gasteiger partial charge on any atom is 0.247 e. The topological polar surface area (TPSA) is 70.9 Å². The Morgan fingerprint density at radius 2 is 2.27 bits per heavy atom. The SMILES string of the molecule is CN=C1N=C2C=CC(Cl)=CC2S(=O)(=O)N1. The number of nitrogens with zero attached hydrogens (tertiary/aromatic N) is 2. The van der Waals surface area contributed by atoms with Crippen LogP contribution in [0.4, 0.5) is 0 Å². The highest BCUT2D eigenvalue weighted by molar-refractivity contribution is 7.91. The Morgan fingerprint density at radius 1 is 1.53 bits per heavy atom. The van der Waals surface area contributed by atoms with Gasteiger partial charge in [0.05, 0.1) is 5.71 Å². The molecule has 1 aliphatic carbocycles. The van der Waals surface area contributed by atoms with Crippen LogP contribution in [0.25, 0.3) is 0 Å². The van der Waals surface area contributed by atoms with Crippen molar-refractivity contribution in [1.82, 2.24) is 4.72 Å². The number of hydrogen-bond acceptors (Lipinski definition) is 3. The molecule has 0 spiro atoms. The fourth-order valence-corrected chi connectivity index (χ4v) is 2.88. The van der Waals surface area contributed by atoms with E-state index in [4.69, 9.17) is 11.6 Å². The molecular formula is C8H8ClN3O2S.